The normalized spacial score (nSPS) is 10.4. The zero-order valence-corrected chi connectivity index (χ0v) is 9.18. The van der Waals surface area contributed by atoms with Gasteiger partial charge in [0.15, 0.2) is 0 Å². The van der Waals surface area contributed by atoms with Crippen LogP contribution in [0.2, 0.25) is 0 Å². The Bertz CT molecular complexity index is 564. The van der Waals surface area contributed by atoms with E-state index in [4.69, 9.17) is 10.8 Å². The van der Waals surface area contributed by atoms with E-state index in [9.17, 15) is 4.79 Å². The van der Waals surface area contributed by atoms with Gasteiger partial charge >= 0.3 is 0 Å². The van der Waals surface area contributed by atoms with Gasteiger partial charge in [0, 0.05) is 18.6 Å². The Labute approximate surface area is 98.0 Å². The lowest BCUT2D eigenvalue weighted by Crippen LogP contribution is -2.19. The molecule has 0 fully saturated rings. The van der Waals surface area contributed by atoms with Crippen LogP contribution in [0.1, 0.15) is 5.56 Å². The maximum Gasteiger partial charge on any atom is 0.256 e. The third-order valence-electron chi connectivity index (χ3n) is 2.46. The highest BCUT2D eigenvalue weighted by Gasteiger charge is 2.09. The number of anilines is 1. The summed E-state index contributed by atoms with van der Waals surface area (Å²) in [5, 5.41) is 8.82. The number of hydrogen-bond acceptors (Lipinski definition) is 4. The van der Waals surface area contributed by atoms with Gasteiger partial charge in [-0.25, -0.2) is 4.98 Å². The predicted molar refractivity (Wildman–Crippen MR) is 65.5 cm³/mol. The fourth-order valence-electron chi connectivity index (χ4n) is 1.60. The Morgan fingerprint density at radius 1 is 1.29 bits per heavy atom. The van der Waals surface area contributed by atoms with Gasteiger partial charge in [0.2, 0.25) is 0 Å². The van der Waals surface area contributed by atoms with E-state index in [1.165, 1.54) is 0 Å². The number of nitrogens with two attached hydrogens (primary N) is 1. The highest BCUT2D eigenvalue weighted by molar-refractivity contribution is 5.57. The van der Waals surface area contributed by atoms with Crippen molar-refractivity contribution in [2.45, 2.75) is 6.42 Å². The minimum absolute atomic E-state index is 0.125. The van der Waals surface area contributed by atoms with Crippen LogP contribution in [-0.2, 0) is 6.42 Å². The summed E-state index contributed by atoms with van der Waals surface area (Å²) < 4.78 is 0. The number of aliphatic hydroxyl groups excluding tert-OH is 1. The molecule has 1 heterocycles. The second kappa shape index (κ2) is 4.80. The van der Waals surface area contributed by atoms with E-state index in [1.54, 1.807) is 0 Å². The molecular formula is C12H13N3O2. The van der Waals surface area contributed by atoms with Gasteiger partial charge in [-0.1, -0.05) is 30.3 Å². The van der Waals surface area contributed by atoms with Crippen LogP contribution in [0.4, 0.5) is 5.82 Å². The molecule has 0 radical (unpaired) electrons. The van der Waals surface area contributed by atoms with E-state index in [2.05, 4.69) is 9.97 Å². The minimum Gasteiger partial charge on any atom is -0.396 e. The Balaban J connectivity index is 2.50. The second-order valence-corrected chi connectivity index (χ2v) is 3.62. The zero-order chi connectivity index (χ0) is 12.3. The van der Waals surface area contributed by atoms with Crippen molar-refractivity contribution in [2.75, 3.05) is 12.3 Å². The molecule has 17 heavy (non-hydrogen) atoms. The molecule has 0 unspecified atom stereocenters. The molecular weight excluding hydrogens is 218 g/mol. The summed E-state index contributed by atoms with van der Waals surface area (Å²) in [6, 6.07) is 9.26. The summed E-state index contributed by atoms with van der Waals surface area (Å²) in [5.41, 5.74) is 6.53. The number of benzene rings is 1. The van der Waals surface area contributed by atoms with Gasteiger partial charge < -0.3 is 15.8 Å². The van der Waals surface area contributed by atoms with E-state index in [-0.39, 0.29) is 24.4 Å². The highest BCUT2D eigenvalue weighted by Crippen LogP contribution is 2.14. The lowest BCUT2D eigenvalue weighted by molar-refractivity contribution is 0.299. The summed E-state index contributed by atoms with van der Waals surface area (Å²) in [6.45, 7) is -0.125. The van der Waals surface area contributed by atoms with E-state index in [0.717, 1.165) is 5.56 Å². The molecule has 4 N–H and O–H groups in total. The van der Waals surface area contributed by atoms with Crippen LogP contribution in [0.5, 0.6) is 0 Å². The quantitative estimate of drug-likeness (QED) is 0.719. The van der Waals surface area contributed by atoms with E-state index in [1.807, 2.05) is 30.3 Å². The van der Waals surface area contributed by atoms with Gasteiger partial charge in [0.05, 0.1) is 5.56 Å². The summed E-state index contributed by atoms with van der Waals surface area (Å²) in [6.07, 6.45) is 0.212. The second-order valence-electron chi connectivity index (χ2n) is 3.62. The molecule has 88 valence electrons. The maximum absolute atomic E-state index is 11.7. The lowest BCUT2D eigenvalue weighted by Gasteiger charge is -2.05. The number of aromatic nitrogens is 2. The summed E-state index contributed by atoms with van der Waals surface area (Å²) >= 11 is 0. The largest absolute Gasteiger partial charge is 0.396 e. The number of aliphatic hydroxyl groups is 1. The molecule has 2 rings (SSSR count). The van der Waals surface area contributed by atoms with Gasteiger partial charge in [-0.2, -0.15) is 0 Å². The third kappa shape index (κ3) is 2.34. The average molecular weight is 231 g/mol. The predicted octanol–water partition coefficient (Wildman–Crippen LogP) is 0.554. The van der Waals surface area contributed by atoms with Gasteiger partial charge in [-0.15, -0.1) is 0 Å². The smallest absolute Gasteiger partial charge is 0.256 e. The van der Waals surface area contributed by atoms with Crippen LogP contribution in [0.25, 0.3) is 11.4 Å². The first-order valence-corrected chi connectivity index (χ1v) is 5.27. The molecule has 5 nitrogen and oxygen atoms in total. The van der Waals surface area contributed by atoms with E-state index < -0.39 is 0 Å². The molecule has 0 bridgehead atoms. The molecule has 0 amide bonds. The number of aromatic amines is 1. The van der Waals surface area contributed by atoms with Crippen molar-refractivity contribution in [3.8, 4) is 11.4 Å². The van der Waals surface area contributed by atoms with Crippen molar-refractivity contribution in [2.24, 2.45) is 0 Å². The first kappa shape index (κ1) is 11.3. The lowest BCUT2D eigenvalue weighted by atomic mass is 10.2. The van der Waals surface area contributed by atoms with Crippen molar-refractivity contribution in [3.05, 3.63) is 46.2 Å². The number of H-pyrrole nitrogens is 1. The summed E-state index contributed by atoms with van der Waals surface area (Å²) in [5.74, 6) is 0.608. The molecule has 0 atom stereocenters. The van der Waals surface area contributed by atoms with Crippen LogP contribution in [0.15, 0.2) is 35.1 Å². The van der Waals surface area contributed by atoms with E-state index >= 15 is 0 Å². The SMILES string of the molecule is Nc1nc(-c2ccccc2)[nH]c(=O)c1CCO. The molecule has 0 saturated carbocycles. The minimum atomic E-state index is -0.301. The van der Waals surface area contributed by atoms with Gasteiger partial charge in [-0.05, 0) is 0 Å². The van der Waals surface area contributed by atoms with Crippen LogP contribution in [0, 0.1) is 0 Å². The van der Waals surface area contributed by atoms with Crippen molar-refractivity contribution in [3.63, 3.8) is 0 Å². The molecule has 0 aliphatic carbocycles. The van der Waals surface area contributed by atoms with Crippen molar-refractivity contribution < 1.29 is 5.11 Å². The van der Waals surface area contributed by atoms with Crippen LogP contribution >= 0.6 is 0 Å². The fourth-order valence-corrected chi connectivity index (χ4v) is 1.60. The fraction of sp³-hybridized carbons (Fsp3) is 0.167. The van der Waals surface area contributed by atoms with Crippen LogP contribution < -0.4 is 11.3 Å². The van der Waals surface area contributed by atoms with Gasteiger partial charge in [-0.3, -0.25) is 4.79 Å². The third-order valence-corrected chi connectivity index (χ3v) is 2.46. The molecule has 1 aromatic heterocycles. The Morgan fingerprint density at radius 3 is 2.59 bits per heavy atom. The number of nitrogens with one attached hydrogen (secondary N) is 1. The van der Waals surface area contributed by atoms with E-state index in [0.29, 0.717) is 11.4 Å². The number of nitrogens with zero attached hydrogens (tertiary/aromatic N) is 1. The molecule has 2 aromatic rings. The van der Waals surface area contributed by atoms with Crippen LogP contribution in [-0.4, -0.2) is 21.7 Å². The van der Waals surface area contributed by atoms with Crippen molar-refractivity contribution in [1.82, 2.24) is 9.97 Å². The molecule has 1 aromatic carbocycles. The van der Waals surface area contributed by atoms with Gasteiger partial charge in [0.25, 0.3) is 5.56 Å². The summed E-state index contributed by atoms with van der Waals surface area (Å²) in [4.78, 5) is 18.5. The Hall–Kier alpha value is -2.14. The first-order chi connectivity index (χ1) is 8.22. The number of hydrogen-bond donors (Lipinski definition) is 3. The van der Waals surface area contributed by atoms with Crippen molar-refractivity contribution >= 4 is 5.82 Å². The molecule has 0 aliphatic heterocycles. The Morgan fingerprint density at radius 2 is 2.00 bits per heavy atom. The molecule has 0 saturated heterocycles. The average Bonchev–Trinajstić information content (AvgIpc) is 2.35. The zero-order valence-electron chi connectivity index (χ0n) is 9.18. The van der Waals surface area contributed by atoms with Crippen LogP contribution in [0.3, 0.4) is 0 Å². The highest BCUT2D eigenvalue weighted by atomic mass is 16.3. The summed E-state index contributed by atoms with van der Waals surface area (Å²) in [7, 11) is 0. The number of rotatable bonds is 3. The van der Waals surface area contributed by atoms with Crippen molar-refractivity contribution in [1.29, 1.82) is 0 Å². The molecule has 0 aliphatic rings. The van der Waals surface area contributed by atoms with Gasteiger partial charge in [0.1, 0.15) is 11.6 Å². The Kier molecular flexibility index (Phi) is 3.20. The number of nitrogen functional groups attached to an aromatic ring is 1. The monoisotopic (exact) mass is 231 g/mol. The maximum atomic E-state index is 11.7. The topological polar surface area (TPSA) is 92.0 Å². The molecule has 0 spiro atoms. The first-order valence-electron chi connectivity index (χ1n) is 5.27. The standard InChI is InChI=1S/C12H13N3O2/c13-10-9(6-7-16)12(17)15-11(14-10)8-4-2-1-3-5-8/h1-5,16H,6-7H2,(H3,13,14,15,17). The molecule has 5 heteroatoms.